The highest BCUT2D eigenvalue weighted by atomic mass is 16.2. The highest BCUT2D eigenvalue weighted by molar-refractivity contribution is 4.58. The Labute approximate surface area is 115 Å². The van der Waals surface area contributed by atoms with Gasteiger partial charge in [-0.2, -0.15) is 0 Å². The standard InChI is InChI=1S/C16H35NO/c1-3-5-13-17(14-6-4-2)15-11-9-7-8-10-12-16-18/h18H,3-16H2,1-2H3. The second kappa shape index (κ2) is 15.0. The molecule has 2 heteroatoms. The van der Waals surface area contributed by atoms with Crippen molar-refractivity contribution in [1.82, 2.24) is 4.90 Å². The number of nitrogens with zero attached hydrogens (tertiary/aromatic N) is 1. The Morgan fingerprint density at radius 3 is 1.56 bits per heavy atom. The van der Waals surface area contributed by atoms with E-state index in [1.54, 1.807) is 0 Å². The molecule has 0 saturated heterocycles. The average Bonchev–Trinajstić information content (AvgIpc) is 2.40. The fourth-order valence-corrected chi connectivity index (χ4v) is 2.25. The molecule has 0 aliphatic rings. The van der Waals surface area contributed by atoms with Crippen LogP contribution in [0.1, 0.15) is 78.1 Å². The van der Waals surface area contributed by atoms with E-state index >= 15 is 0 Å². The van der Waals surface area contributed by atoms with Crippen LogP contribution in [0.4, 0.5) is 0 Å². The van der Waals surface area contributed by atoms with Gasteiger partial charge in [0.25, 0.3) is 0 Å². The number of aliphatic hydroxyl groups is 1. The summed E-state index contributed by atoms with van der Waals surface area (Å²) < 4.78 is 0. The summed E-state index contributed by atoms with van der Waals surface area (Å²) in [6.07, 6.45) is 12.9. The van der Waals surface area contributed by atoms with Crippen LogP contribution < -0.4 is 0 Å². The van der Waals surface area contributed by atoms with Gasteiger partial charge in [0.05, 0.1) is 0 Å². The fourth-order valence-electron chi connectivity index (χ4n) is 2.25. The highest BCUT2D eigenvalue weighted by Crippen LogP contribution is 2.07. The maximum atomic E-state index is 8.70. The monoisotopic (exact) mass is 257 g/mol. The molecule has 0 aromatic rings. The van der Waals surface area contributed by atoms with Crippen LogP contribution in [0.2, 0.25) is 0 Å². The molecule has 0 aromatic carbocycles. The Morgan fingerprint density at radius 1 is 0.611 bits per heavy atom. The van der Waals surface area contributed by atoms with Gasteiger partial charge in [-0.15, -0.1) is 0 Å². The van der Waals surface area contributed by atoms with Crippen molar-refractivity contribution in [3.63, 3.8) is 0 Å². The first-order chi connectivity index (χ1) is 8.85. The van der Waals surface area contributed by atoms with Crippen LogP contribution in [0, 0.1) is 0 Å². The second-order valence-electron chi connectivity index (χ2n) is 5.39. The molecule has 0 bridgehead atoms. The Kier molecular flexibility index (Phi) is 14.9. The van der Waals surface area contributed by atoms with Crippen molar-refractivity contribution in [3.8, 4) is 0 Å². The van der Waals surface area contributed by atoms with Crippen LogP contribution in [0.25, 0.3) is 0 Å². The van der Waals surface area contributed by atoms with Gasteiger partial charge in [-0.25, -0.2) is 0 Å². The van der Waals surface area contributed by atoms with Gasteiger partial charge in [0.2, 0.25) is 0 Å². The summed E-state index contributed by atoms with van der Waals surface area (Å²) in [6, 6.07) is 0. The number of unbranched alkanes of at least 4 members (excludes halogenated alkanes) is 7. The summed E-state index contributed by atoms with van der Waals surface area (Å²) in [6.45, 7) is 8.79. The molecule has 0 spiro atoms. The molecule has 1 N–H and O–H groups in total. The van der Waals surface area contributed by atoms with E-state index in [9.17, 15) is 0 Å². The van der Waals surface area contributed by atoms with Crippen LogP contribution in [-0.2, 0) is 0 Å². The molecule has 0 amide bonds. The number of aliphatic hydroxyl groups excluding tert-OH is 1. The lowest BCUT2D eigenvalue weighted by Gasteiger charge is -2.21. The number of hydrogen-bond donors (Lipinski definition) is 1. The molecule has 0 aliphatic heterocycles. The van der Waals surface area contributed by atoms with E-state index in [-0.39, 0.29) is 0 Å². The van der Waals surface area contributed by atoms with Gasteiger partial charge in [0.15, 0.2) is 0 Å². The summed E-state index contributed by atoms with van der Waals surface area (Å²) in [5.41, 5.74) is 0. The molecule has 110 valence electrons. The average molecular weight is 257 g/mol. The topological polar surface area (TPSA) is 23.5 Å². The predicted octanol–water partition coefficient (Wildman–Crippen LogP) is 4.22. The maximum Gasteiger partial charge on any atom is 0.0431 e. The van der Waals surface area contributed by atoms with Gasteiger partial charge in [0.1, 0.15) is 0 Å². The van der Waals surface area contributed by atoms with E-state index in [0.29, 0.717) is 6.61 Å². The van der Waals surface area contributed by atoms with Crippen LogP contribution >= 0.6 is 0 Å². The van der Waals surface area contributed by atoms with E-state index < -0.39 is 0 Å². The minimum atomic E-state index is 0.363. The van der Waals surface area contributed by atoms with Crippen molar-refractivity contribution in [2.45, 2.75) is 78.1 Å². The quantitative estimate of drug-likeness (QED) is 0.471. The molecule has 2 nitrogen and oxygen atoms in total. The lowest BCUT2D eigenvalue weighted by Crippen LogP contribution is -2.27. The third-order valence-corrected chi connectivity index (χ3v) is 3.54. The Balaban J connectivity index is 3.43. The van der Waals surface area contributed by atoms with Gasteiger partial charge >= 0.3 is 0 Å². The summed E-state index contributed by atoms with van der Waals surface area (Å²) >= 11 is 0. The molecule has 18 heavy (non-hydrogen) atoms. The van der Waals surface area contributed by atoms with Crippen molar-refractivity contribution in [1.29, 1.82) is 0 Å². The van der Waals surface area contributed by atoms with Crippen LogP contribution in [0.15, 0.2) is 0 Å². The largest absolute Gasteiger partial charge is 0.396 e. The third-order valence-electron chi connectivity index (χ3n) is 3.54. The van der Waals surface area contributed by atoms with Crippen LogP contribution in [0.5, 0.6) is 0 Å². The summed E-state index contributed by atoms with van der Waals surface area (Å²) in [5.74, 6) is 0. The van der Waals surface area contributed by atoms with E-state index in [4.69, 9.17) is 5.11 Å². The molecule has 0 aliphatic carbocycles. The summed E-state index contributed by atoms with van der Waals surface area (Å²) in [4.78, 5) is 2.65. The zero-order valence-electron chi connectivity index (χ0n) is 12.8. The first kappa shape index (κ1) is 17.9. The van der Waals surface area contributed by atoms with Gasteiger partial charge in [0, 0.05) is 6.61 Å². The van der Waals surface area contributed by atoms with Crippen LogP contribution in [-0.4, -0.2) is 36.2 Å². The van der Waals surface area contributed by atoms with Gasteiger partial charge in [-0.05, 0) is 45.3 Å². The van der Waals surface area contributed by atoms with Gasteiger partial charge in [-0.3, -0.25) is 0 Å². The molecule has 0 atom stereocenters. The molecule has 0 radical (unpaired) electrons. The molecular formula is C16H35NO. The maximum absolute atomic E-state index is 8.70. The van der Waals surface area contributed by atoms with Crippen molar-refractivity contribution < 1.29 is 5.11 Å². The zero-order chi connectivity index (χ0) is 13.5. The SMILES string of the molecule is CCCCN(CCCC)CCCCCCCCO. The summed E-state index contributed by atoms with van der Waals surface area (Å²) in [5, 5.41) is 8.70. The summed E-state index contributed by atoms with van der Waals surface area (Å²) in [7, 11) is 0. The molecule has 0 unspecified atom stereocenters. The molecule has 0 heterocycles. The van der Waals surface area contributed by atoms with Crippen LogP contribution in [0.3, 0.4) is 0 Å². The molecule has 0 saturated carbocycles. The predicted molar refractivity (Wildman–Crippen MR) is 81.0 cm³/mol. The Hall–Kier alpha value is -0.0800. The number of rotatable bonds is 14. The van der Waals surface area contributed by atoms with Gasteiger partial charge in [-0.1, -0.05) is 52.4 Å². The third kappa shape index (κ3) is 12.4. The molecular weight excluding hydrogens is 222 g/mol. The van der Waals surface area contributed by atoms with Crippen molar-refractivity contribution in [3.05, 3.63) is 0 Å². The first-order valence-electron chi connectivity index (χ1n) is 8.18. The zero-order valence-corrected chi connectivity index (χ0v) is 12.8. The van der Waals surface area contributed by atoms with E-state index in [2.05, 4.69) is 18.7 Å². The Bertz CT molecular complexity index is 142. The second-order valence-corrected chi connectivity index (χ2v) is 5.39. The Morgan fingerprint density at radius 2 is 1.06 bits per heavy atom. The first-order valence-corrected chi connectivity index (χ1v) is 8.18. The lowest BCUT2D eigenvalue weighted by atomic mass is 10.1. The smallest absolute Gasteiger partial charge is 0.0431 e. The highest BCUT2D eigenvalue weighted by Gasteiger charge is 2.03. The van der Waals surface area contributed by atoms with Gasteiger partial charge < -0.3 is 10.0 Å². The lowest BCUT2D eigenvalue weighted by molar-refractivity contribution is 0.258. The fraction of sp³-hybridized carbons (Fsp3) is 1.00. The normalized spacial score (nSPS) is 11.3. The van der Waals surface area contributed by atoms with E-state index in [1.807, 2.05) is 0 Å². The minimum absolute atomic E-state index is 0.363. The van der Waals surface area contributed by atoms with Crippen molar-refractivity contribution in [2.24, 2.45) is 0 Å². The minimum Gasteiger partial charge on any atom is -0.396 e. The van der Waals surface area contributed by atoms with Crippen molar-refractivity contribution >= 4 is 0 Å². The van der Waals surface area contributed by atoms with E-state index in [1.165, 1.54) is 77.4 Å². The molecule has 0 aromatic heterocycles. The molecule has 0 rings (SSSR count). The van der Waals surface area contributed by atoms with Crippen molar-refractivity contribution in [2.75, 3.05) is 26.2 Å². The number of hydrogen-bond acceptors (Lipinski definition) is 2. The van der Waals surface area contributed by atoms with E-state index in [0.717, 1.165) is 6.42 Å². The molecule has 0 fully saturated rings.